The Labute approximate surface area is 138 Å². The Morgan fingerprint density at radius 1 is 1.13 bits per heavy atom. The van der Waals surface area contributed by atoms with Gasteiger partial charge in [-0.2, -0.15) is 0 Å². The first-order chi connectivity index (χ1) is 11.1. The summed E-state index contributed by atoms with van der Waals surface area (Å²) >= 11 is 0. The van der Waals surface area contributed by atoms with Gasteiger partial charge < -0.3 is 10.2 Å². The monoisotopic (exact) mass is 317 g/mol. The lowest BCUT2D eigenvalue weighted by Crippen LogP contribution is -2.55. The maximum Gasteiger partial charge on any atom is 0.333 e. The summed E-state index contributed by atoms with van der Waals surface area (Å²) in [5.41, 5.74) is 3.71. The fourth-order valence-electron chi connectivity index (χ4n) is 3.51. The van der Waals surface area contributed by atoms with Gasteiger partial charge >= 0.3 is 6.03 Å². The minimum absolute atomic E-state index is 0.193. The summed E-state index contributed by atoms with van der Waals surface area (Å²) in [4.78, 5) is 18.9. The Morgan fingerprint density at radius 3 is 2.43 bits per heavy atom. The second-order valence-corrected chi connectivity index (χ2v) is 6.70. The molecule has 2 N–H and O–H groups in total. The average Bonchev–Trinajstić information content (AvgIpc) is 3.06. The predicted octanol–water partition coefficient (Wildman–Crippen LogP) is 2.98. The van der Waals surface area contributed by atoms with Gasteiger partial charge in [-0.25, -0.2) is 14.8 Å². The van der Waals surface area contributed by atoms with E-state index in [1.807, 2.05) is 12.1 Å². The van der Waals surface area contributed by atoms with Gasteiger partial charge in [-0.3, -0.25) is 5.43 Å². The molecule has 2 saturated heterocycles. The van der Waals surface area contributed by atoms with Gasteiger partial charge in [-0.15, -0.1) is 0 Å². The maximum absolute atomic E-state index is 12.2. The minimum Gasteiger partial charge on any atom is -0.357 e. The first-order valence-electron chi connectivity index (χ1n) is 8.70. The fourth-order valence-corrected chi connectivity index (χ4v) is 3.51. The maximum atomic E-state index is 12.2. The number of pyridine rings is 1. The van der Waals surface area contributed by atoms with E-state index < -0.39 is 0 Å². The average molecular weight is 317 g/mol. The first kappa shape index (κ1) is 16.1. The zero-order valence-corrected chi connectivity index (χ0v) is 14.1. The molecule has 0 aromatic carbocycles. The number of anilines is 2. The van der Waals surface area contributed by atoms with E-state index in [-0.39, 0.29) is 6.03 Å². The van der Waals surface area contributed by atoms with Gasteiger partial charge in [0.25, 0.3) is 0 Å². The molecule has 3 heterocycles. The Kier molecular flexibility index (Phi) is 5.00. The first-order valence-corrected chi connectivity index (χ1v) is 8.70. The van der Waals surface area contributed by atoms with Crippen LogP contribution in [0.1, 0.15) is 46.0 Å². The van der Waals surface area contributed by atoms with Crippen molar-refractivity contribution < 1.29 is 4.79 Å². The van der Waals surface area contributed by atoms with E-state index in [0.717, 1.165) is 37.4 Å². The van der Waals surface area contributed by atoms with Gasteiger partial charge in [0.2, 0.25) is 0 Å². The van der Waals surface area contributed by atoms with Crippen molar-refractivity contribution in [3.63, 3.8) is 0 Å². The number of hydrogen-bond acceptors (Lipinski definition) is 4. The molecule has 0 unspecified atom stereocenters. The van der Waals surface area contributed by atoms with Crippen LogP contribution < -0.4 is 15.6 Å². The van der Waals surface area contributed by atoms with E-state index in [1.54, 1.807) is 6.20 Å². The molecule has 1 aromatic heterocycles. The van der Waals surface area contributed by atoms with Crippen LogP contribution in [-0.4, -0.2) is 41.2 Å². The molecular weight excluding hydrogens is 290 g/mol. The standard InChI is InChI=1S/C17H27N5O/c1-13-6-5-7-14(2)22(13)20-17(23)19-15-8-9-16(18-12-15)21-10-3-4-11-21/h8-9,12-14H,3-7,10-11H2,1-2H3,(H2,19,20,23)/t13-,14+. The second-order valence-electron chi connectivity index (χ2n) is 6.70. The smallest absolute Gasteiger partial charge is 0.333 e. The molecule has 0 saturated carbocycles. The number of amides is 2. The van der Waals surface area contributed by atoms with Crippen LogP contribution in [0.2, 0.25) is 0 Å². The Bertz CT molecular complexity index is 516. The van der Waals surface area contributed by atoms with Crippen molar-refractivity contribution >= 4 is 17.5 Å². The van der Waals surface area contributed by atoms with Crippen LogP contribution in [0.4, 0.5) is 16.3 Å². The zero-order valence-electron chi connectivity index (χ0n) is 14.1. The van der Waals surface area contributed by atoms with Crippen molar-refractivity contribution in [3.05, 3.63) is 18.3 Å². The molecule has 0 aliphatic carbocycles. The summed E-state index contributed by atoms with van der Waals surface area (Å²) in [5, 5.41) is 4.94. The van der Waals surface area contributed by atoms with Crippen molar-refractivity contribution in [3.8, 4) is 0 Å². The van der Waals surface area contributed by atoms with Crippen molar-refractivity contribution in [2.45, 2.75) is 58.0 Å². The van der Waals surface area contributed by atoms with Gasteiger partial charge in [-0.05, 0) is 51.7 Å². The summed E-state index contributed by atoms with van der Waals surface area (Å²) in [7, 11) is 0. The van der Waals surface area contributed by atoms with E-state index in [2.05, 4.69) is 39.5 Å². The molecular formula is C17H27N5O. The van der Waals surface area contributed by atoms with Crippen molar-refractivity contribution in [1.29, 1.82) is 0 Å². The third-order valence-electron chi connectivity index (χ3n) is 4.86. The lowest BCUT2D eigenvalue weighted by atomic mass is 10.00. The van der Waals surface area contributed by atoms with Gasteiger partial charge in [-0.1, -0.05) is 6.42 Å². The van der Waals surface area contributed by atoms with Crippen LogP contribution in [0.25, 0.3) is 0 Å². The number of nitrogens with one attached hydrogen (secondary N) is 2. The van der Waals surface area contributed by atoms with Crippen molar-refractivity contribution in [2.24, 2.45) is 0 Å². The van der Waals surface area contributed by atoms with Gasteiger partial charge in [0.15, 0.2) is 0 Å². The summed E-state index contributed by atoms with van der Waals surface area (Å²) in [6, 6.07) is 4.46. The lowest BCUT2D eigenvalue weighted by Gasteiger charge is -2.38. The van der Waals surface area contributed by atoms with Gasteiger partial charge in [0.05, 0.1) is 11.9 Å². The molecule has 0 bridgehead atoms. The molecule has 6 nitrogen and oxygen atoms in total. The van der Waals surface area contributed by atoms with Crippen LogP contribution >= 0.6 is 0 Å². The lowest BCUT2D eigenvalue weighted by molar-refractivity contribution is 0.0625. The number of hydrazine groups is 1. The van der Waals surface area contributed by atoms with Gasteiger partial charge in [0.1, 0.15) is 5.82 Å². The molecule has 0 radical (unpaired) electrons. The summed E-state index contributed by atoms with van der Waals surface area (Å²) in [6.07, 6.45) is 7.67. The van der Waals surface area contributed by atoms with E-state index in [9.17, 15) is 4.79 Å². The number of hydrogen-bond donors (Lipinski definition) is 2. The second kappa shape index (κ2) is 7.17. The molecule has 1 aromatic rings. The highest BCUT2D eigenvalue weighted by Crippen LogP contribution is 2.21. The highest BCUT2D eigenvalue weighted by Gasteiger charge is 2.26. The minimum atomic E-state index is -0.193. The predicted molar refractivity (Wildman–Crippen MR) is 92.5 cm³/mol. The summed E-state index contributed by atoms with van der Waals surface area (Å²) in [6.45, 7) is 6.46. The van der Waals surface area contributed by atoms with E-state index in [0.29, 0.717) is 12.1 Å². The fraction of sp³-hybridized carbons (Fsp3) is 0.647. The zero-order chi connectivity index (χ0) is 16.2. The van der Waals surface area contributed by atoms with Gasteiger partial charge in [0, 0.05) is 25.2 Å². The third kappa shape index (κ3) is 3.93. The molecule has 0 spiro atoms. The van der Waals surface area contributed by atoms with E-state index in [4.69, 9.17) is 0 Å². The molecule has 126 valence electrons. The van der Waals surface area contributed by atoms with E-state index in [1.165, 1.54) is 19.3 Å². The highest BCUT2D eigenvalue weighted by molar-refractivity contribution is 5.88. The number of nitrogens with zero attached hydrogens (tertiary/aromatic N) is 3. The van der Waals surface area contributed by atoms with Crippen LogP contribution in [0.3, 0.4) is 0 Å². The largest absolute Gasteiger partial charge is 0.357 e. The highest BCUT2D eigenvalue weighted by atomic mass is 16.2. The molecule has 23 heavy (non-hydrogen) atoms. The third-order valence-corrected chi connectivity index (χ3v) is 4.86. The summed E-state index contributed by atoms with van der Waals surface area (Å²) in [5.74, 6) is 0.992. The molecule has 3 rings (SSSR count). The molecule has 2 atom stereocenters. The number of carbonyl (C=O) groups excluding carboxylic acids is 1. The molecule has 2 aliphatic heterocycles. The number of aromatic nitrogens is 1. The molecule has 2 aliphatic rings. The Hall–Kier alpha value is -1.82. The molecule has 2 amide bonds. The molecule has 6 heteroatoms. The van der Waals surface area contributed by atoms with Crippen LogP contribution in [0.15, 0.2) is 18.3 Å². The quantitative estimate of drug-likeness (QED) is 0.900. The SMILES string of the molecule is C[C@@H]1CCC[C@H](C)N1NC(=O)Nc1ccc(N2CCCC2)nc1. The number of urea groups is 1. The Morgan fingerprint density at radius 2 is 1.83 bits per heavy atom. The molecule has 2 fully saturated rings. The van der Waals surface area contributed by atoms with Crippen molar-refractivity contribution in [1.82, 2.24) is 15.4 Å². The van der Waals surface area contributed by atoms with Crippen LogP contribution in [-0.2, 0) is 0 Å². The number of carbonyl (C=O) groups is 1. The van der Waals surface area contributed by atoms with Crippen LogP contribution in [0.5, 0.6) is 0 Å². The van der Waals surface area contributed by atoms with Crippen molar-refractivity contribution in [2.75, 3.05) is 23.3 Å². The number of rotatable bonds is 3. The van der Waals surface area contributed by atoms with E-state index >= 15 is 0 Å². The Balaban J connectivity index is 1.55. The number of piperidine rings is 1. The topological polar surface area (TPSA) is 60.5 Å². The normalized spacial score (nSPS) is 25.4. The van der Waals surface area contributed by atoms with Crippen LogP contribution in [0, 0.1) is 0 Å². The summed E-state index contributed by atoms with van der Waals surface area (Å²) < 4.78 is 0.